The molecule has 0 atom stereocenters. The minimum atomic E-state index is 0.658. The van der Waals surface area contributed by atoms with Crippen molar-refractivity contribution in [3.05, 3.63) is 38.1 Å². The predicted octanol–water partition coefficient (Wildman–Crippen LogP) is 3.36. The summed E-state index contributed by atoms with van der Waals surface area (Å²) in [6, 6.07) is 1.97. The first-order chi connectivity index (χ1) is 8.24. The molecule has 0 radical (unpaired) electrons. The lowest BCUT2D eigenvalue weighted by atomic mass is 10.4. The second-order valence-electron chi connectivity index (χ2n) is 3.47. The van der Waals surface area contributed by atoms with Crippen molar-refractivity contribution in [3.63, 3.8) is 0 Å². The number of nitrogens with one attached hydrogen (secondary N) is 1. The van der Waals surface area contributed by atoms with E-state index >= 15 is 0 Å². The molecule has 0 bridgehead atoms. The number of nitrogens with zero attached hydrogens (tertiary/aromatic N) is 3. The highest BCUT2D eigenvalue weighted by Gasteiger charge is 2.07. The largest absolute Gasteiger partial charge is 0.329 e. The Hall–Kier alpha value is -1.05. The van der Waals surface area contributed by atoms with Crippen LogP contribution in [0.2, 0.25) is 0 Å². The Kier molecular flexibility index (Phi) is 2.81. The van der Waals surface area contributed by atoms with Crippen LogP contribution in [-0.4, -0.2) is 19.5 Å². The first-order valence-corrected chi connectivity index (χ1v) is 6.94. The molecule has 0 saturated carbocycles. The number of H-pyrrole nitrogens is 1. The third-order valence-corrected chi connectivity index (χ3v) is 3.87. The predicted molar refractivity (Wildman–Crippen MR) is 73.8 cm³/mol. The summed E-state index contributed by atoms with van der Waals surface area (Å²) in [4.78, 5) is 11.8. The van der Waals surface area contributed by atoms with Crippen molar-refractivity contribution in [2.45, 2.75) is 6.54 Å². The van der Waals surface area contributed by atoms with E-state index in [1.54, 1.807) is 23.7 Å². The van der Waals surface area contributed by atoms with Gasteiger partial charge in [0.25, 0.3) is 0 Å². The van der Waals surface area contributed by atoms with E-state index in [9.17, 15) is 0 Å². The van der Waals surface area contributed by atoms with Crippen LogP contribution in [0, 0.1) is 4.77 Å². The van der Waals surface area contributed by atoms with Gasteiger partial charge < -0.3 is 4.98 Å². The molecule has 0 aliphatic heterocycles. The highest BCUT2D eigenvalue weighted by atomic mass is 79.9. The average molecular weight is 327 g/mol. The van der Waals surface area contributed by atoms with Gasteiger partial charge in [-0.25, -0.2) is 9.97 Å². The van der Waals surface area contributed by atoms with E-state index in [4.69, 9.17) is 12.2 Å². The molecule has 86 valence electrons. The van der Waals surface area contributed by atoms with E-state index in [1.807, 2.05) is 16.0 Å². The highest BCUT2D eigenvalue weighted by Crippen LogP contribution is 2.18. The maximum atomic E-state index is 5.30. The van der Waals surface area contributed by atoms with Crippen LogP contribution < -0.4 is 0 Å². The van der Waals surface area contributed by atoms with Crippen LogP contribution >= 0.6 is 39.5 Å². The zero-order valence-corrected chi connectivity index (χ0v) is 11.8. The second kappa shape index (κ2) is 4.32. The quantitative estimate of drug-likeness (QED) is 0.734. The van der Waals surface area contributed by atoms with Crippen LogP contribution in [0.5, 0.6) is 0 Å². The van der Waals surface area contributed by atoms with Crippen LogP contribution in [-0.2, 0) is 6.54 Å². The van der Waals surface area contributed by atoms with Crippen LogP contribution in [0.4, 0.5) is 0 Å². The summed E-state index contributed by atoms with van der Waals surface area (Å²) in [6.07, 6.45) is 3.56. The average Bonchev–Trinajstić information content (AvgIpc) is 2.88. The van der Waals surface area contributed by atoms with Gasteiger partial charge in [-0.05, 0) is 34.2 Å². The number of imidazole rings is 1. The Bertz CT molecular complexity index is 714. The molecule has 0 aromatic carbocycles. The Morgan fingerprint density at radius 2 is 2.35 bits per heavy atom. The molecule has 3 heterocycles. The SMILES string of the molecule is S=c1[nH]c2cc(Br)cnc2n1Cc1nccs1. The molecule has 0 aliphatic carbocycles. The fourth-order valence-corrected chi connectivity index (χ4v) is 2.83. The second-order valence-corrected chi connectivity index (χ2v) is 5.75. The minimum absolute atomic E-state index is 0.658. The van der Waals surface area contributed by atoms with E-state index < -0.39 is 0 Å². The number of halogens is 1. The van der Waals surface area contributed by atoms with E-state index in [1.165, 1.54) is 0 Å². The van der Waals surface area contributed by atoms with Gasteiger partial charge in [0.05, 0.1) is 12.1 Å². The fourth-order valence-electron chi connectivity index (χ4n) is 1.63. The van der Waals surface area contributed by atoms with Crippen molar-refractivity contribution in [2.75, 3.05) is 0 Å². The molecule has 3 rings (SSSR count). The molecule has 1 N–H and O–H groups in total. The van der Waals surface area contributed by atoms with E-state index in [0.29, 0.717) is 11.3 Å². The fraction of sp³-hybridized carbons (Fsp3) is 0.100. The maximum absolute atomic E-state index is 5.30. The summed E-state index contributed by atoms with van der Waals surface area (Å²) in [5, 5.41) is 2.98. The maximum Gasteiger partial charge on any atom is 0.179 e. The van der Waals surface area contributed by atoms with Crippen LogP contribution in [0.1, 0.15) is 5.01 Å². The lowest BCUT2D eigenvalue weighted by molar-refractivity contribution is 0.794. The Balaban J connectivity index is 2.16. The van der Waals surface area contributed by atoms with Gasteiger partial charge in [0, 0.05) is 22.2 Å². The molecule has 0 amide bonds. The molecule has 17 heavy (non-hydrogen) atoms. The molecule has 0 spiro atoms. The molecule has 4 nitrogen and oxygen atoms in total. The number of thiazole rings is 1. The Morgan fingerprint density at radius 3 is 3.12 bits per heavy atom. The van der Waals surface area contributed by atoms with Gasteiger partial charge in [0.2, 0.25) is 0 Å². The van der Waals surface area contributed by atoms with Gasteiger partial charge in [-0.15, -0.1) is 11.3 Å². The molecule has 0 aliphatic rings. The molecule has 3 aromatic rings. The minimum Gasteiger partial charge on any atom is -0.329 e. The Labute approximate surface area is 114 Å². The first-order valence-electron chi connectivity index (χ1n) is 4.86. The third-order valence-electron chi connectivity index (χ3n) is 2.35. The van der Waals surface area contributed by atoms with Gasteiger partial charge in [-0.2, -0.15) is 0 Å². The zero-order chi connectivity index (χ0) is 11.8. The summed E-state index contributed by atoms with van der Waals surface area (Å²) in [7, 11) is 0. The van der Waals surface area contributed by atoms with Crippen LogP contribution in [0.3, 0.4) is 0 Å². The van der Waals surface area contributed by atoms with Crippen LogP contribution in [0.25, 0.3) is 11.2 Å². The zero-order valence-electron chi connectivity index (χ0n) is 8.55. The normalized spacial score (nSPS) is 11.1. The highest BCUT2D eigenvalue weighted by molar-refractivity contribution is 9.10. The monoisotopic (exact) mass is 326 g/mol. The smallest absolute Gasteiger partial charge is 0.179 e. The van der Waals surface area contributed by atoms with Crippen molar-refractivity contribution >= 4 is 50.6 Å². The van der Waals surface area contributed by atoms with Crippen molar-refractivity contribution in [2.24, 2.45) is 0 Å². The molecular formula is C10H7BrN4S2. The van der Waals surface area contributed by atoms with E-state index in [0.717, 1.165) is 20.6 Å². The van der Waals surface area contributed by atoms with Crippen molar-refractivity contribution in [1.29, 1.82) is 0 Å². The molecule has 3 aromatic heterocycles. The van der Waals surface area contributed by atoms with Crippen molar-refractivity contribution in [1.82, 2.24) is 19.5 Å². The molecular weight excluding hydrogens is 320 g/mol. The Morgan fingerprint density at radius 1 is 1.47 bits per heavy atom. The standard InChI is InChI=1S/C10H7BrN4S2/c11-6-3-7-9(13-4-6)15(10(16)14-7)5-8-12-1-2-17-8/h1-4H,5H2,(H,14,16). The summed E-state index contributed by atoms with van der Waals surface area (Å²) in [5.74, 6) is 0. The lowest BCUT2D eigenvalue weighted by Gasteiger charge is -2.00. The topological polar surface area (TPSA) is 46.5 Å². The van der Waals surface area contributed by atoms with Gasteiger partial charge in [-0.3, -0.25) is 4.57 Å². The van der Waals surface area contributed by atoms with Crippen molar-refractivity contribution < 1.29 is 0 Å². The molecule has 0 fully saturated rings. The number of aromatic amines is 1. The lowest BCUT2D eigenvalue weighted by Crippen LogP contribution is -2.00. The number of pyridine rings is 1. The molecule has 0 saturated heterocycles. The number of fused-ring (bicyclic) bond motifs is 1. The van der Waals surface area contributed by atoms with Crippen LogP contribution in [0.15, 0.2) is 28.3 Å². The van der Waals surface area contributed by atoms with E-state index in [-0.39, 0.29) is 0 Å². The van der Waals surface area contributed by atoms with Gasteiger partial charge in [0.1, 0.15) is 5.01 Å². The molecule has 7 heteroatoms. The number of aromatic nitrogens is 4. The number of rotatable bonds is 2. The first kappa shape index (κ1) is 11.1. The van der Waals surface area contributed by atoms with Gasteiger partial charge in [0.15, 0.2) is 10.4 Å². The summed E-state index contributed by atoms with van der Waals surface area (Å²) < 4.78 is 3.55. The van der Waals surface area contributed by atoms with E-state index in [2.05, 4.69) is 30.9 Å². The summed E-state index contributed by atoms with van der Waals surface area (Å²) in [5.41, 5.74) is 1.79. The molecule has 0 unspecified atom stereocenters. The van der Waals surface area contributed by atoms with Crippen molar-refractivity contribution in [3.8, 4) is 0 Å². The summed E-state index contributed by atoms with van der Waals surface area (Å²) >= 11 is 10.3. The van der Waals surface area contributed by atoms with Gasteiger partial charge in [-0.1, -0.05) is 0 Å². The number of hydrogen-bond acceptors (Lipinski definition) is 4. The number of hydrogen-bond donors (Lipinski definition) is 1. The van der Waals surface area contributed by atoms with Gasteiger partial charge >= 0.3 is 0 Å². The summed E-state index contributed by atoms with van der Waals surface area (Å²) in [6.45, 7) is 0.658. The third kappa shape index (κ3) is 2.05.